The van der Waals surface area contributed by atoms with Crippen LogP contribution >= 0.6 is 12.8 Å². The monoisotopic (exact) mass is 262 g/mol. The van der Waals surface area contributed by atoms with Gasteiger partial charge in [0, 0.05) is 6.07 Å². The number of nitrogens with zero attached hydrogens (tertiary/aromatic N) is 1. The smallest absolute Gasteiger partial charge is 0.273 e. The largest absolute Gasteiger partial charge is 0.455 e. The molecule has 0 heterocycles. The molecule has 92 valence electrons. The Morgan fingerprint density at radius 2 is 1.89 bits per heavy atom. The van der Waals surface area contributed by atoms with Crippen LogP contribution in [-0.2, 0) is 0 Å². The van der Waals surface area contributed by atoms with Crippen LogP contribution in [0.4, 0.5) is 11.4 Å². The predicted molar refractivity (Wildman–Crippen MR) is 72.2 cm³/mol. The maximum absolute atomic E-state index is 10.7. The average Bonchev–Trinajstić information content (AvgIpc) is 2.39. The van der Waals surface area contributed by atoms with Crippen LogP contribution in [0.15, 0.2) is 48.5 Å². The van der Waals surface area contributed by atoms with E-state index in [9.17, 15) is 10.1 Å². The minimum absolute atomic E-state index is 0.0340. The molecule has 2 aromatic carbocycles. The lowest BCUT2D eigenvalue weighted by molar-refractivity contribution is -0.384. The van der Waals surface area contributed by atoms with Crippen molar-refractivity contribution in [1.29, 1.82) is 0 Å². The van der Waals surface area contributed by atoms with Crippen LogP contribution in [0, 0.1) is 10.1 Å². The fourth-order valence-corrected chi connectivity index (χ4v) is 1.60. The number of ether oxygens (including phenoxy) is 1. The molecule has 1 N–H and O–H groups in total. The molecule has 0 saturated heterocycles. The average molecular weight is 262 g/mol. The minimum Gasteiger partial charge on any atom is -0.455 e. The first-order valence-electron chi connectivity index (χ1n) is 5.12. The Balaban J connectivity index is 2.35. The van der Waals surface area contributed by atoms with Gasteiger partial charge < -0.3 is 9.46 Å². The summed E-state index contributed by atoms with van der Waals surface area (Å²) in [7, 11) is 0. The molecule has 0 saturated carbocycles. The lowest BCUT2D eigenvalue weighted by Gasteiger charge is -2.09. The van der Waals surface area contributed by atoms with Crippen LogP contribution in [0.2, 0.25) is 0 Å². The number of hydrogen-bond acceptors (Lipinski definition) is 5. The third-order valence-electron chi connectivity index (χ3n) is 2.27. The number of nitrogens with one attached hydrogen (secondary N) is 1. The van der Waals surface area contributed by atoms with Crippen molar-refractivity contribution in [2.24, 2.45) is 0 Å². The zero-order chi connectivity index (χ0) is 13.0. The molecule has 2 rings (SSSR count). The predicted octanol–water partition coefficient (Wildman–Crippen LogP) is 3.64. The molecule has 6 heteroatoms. The molecule has 0 unspecified atom stereocenters. The van der Waals surface area contributed by atoms with Crippen molar-refractivity contribution in [2.75, 3.05) is 4.72 Å². The molecule has 0 amide bonds. The number of thiol groups is 1. The summed E-state index contributed by atoms with van der Waals surface area (Å²) < 4.78 is 8.20. The Hall–Kier alpha value is -2.21. The van der Waals surface area contributed by atoms with Crippen LogP contribution in [0.5, 0.6) is 11.5 Å². The highest BCUT2D eigenvalue weighted by atomic mass is 32.1. The molecule has 2 aromatic rings. The number of rotatable bonds is 4. The van der Waals surface area contributed by atoms with Crippen LogP contribution in [-0.4, -0.2) is 4.92 Å². The number of non-ortho nitro benzene ring substituents is 1. The topological polar surface area (TPSA) is 64.4 Å². The highest BCUT2D eigenvalue weighted by Gasteiger charge is 2.11. The third-order valence-corrected chi connectivity index (χ3v) is 2.51. The summed E-state index contributed by atoms with van der Waals surface area (Å²) in [6, 6.07) is 13.3. The lowest BCUT2D eigenvalue weighted by atomic mass is 10.2. The van der Waals surface area contributed by atoms with Crippen molar-refractivity contribution < 1.29 is 9.66 Å². The Morgan fingerprint density at radius 3 is 2.50 bits per heavy atom. The van der Waals surface area contributed by atoms with Gasteiger partial charge in [-0.3, -0.25) is 10.1 Å². The zero-order valence-corrected chi connectivity index (χ0v) is 10.1. The first-order valence-corrected chi connectivity index (χ1v) is 5.57. The summed E-state index contributed by atoms with van der Waals surface area (Å²) in [5.74, 6) is 0.952. The van der Waals surface area contributed by atoms with E-state index in [1.165, 1.54) is 12.1 Å². The van der Waals surface area contributed by atoms with Gasteiger partial charge in [-0.15, -0.1) is 0 Å². The van der Waals surface area contributed by atoms with Crippen LogP contribution in [0.25, 0.3) is 0 Å². The van der Waals surface area contributed by atoms with E-state index in [-0.39, 0.29) is 5.69 Å². The van der Waals surface area contributed by atoms with Crippen molar-refractivity contribution in [3.8, 4) is 11.5 Å². The van der Waals surface area contributed by atoms with Crippen molar-refractivity contribution in [3.63, 3.8) is 0 Å². The van der Waals surface area contributed by atoms with Gasteiger partial charge in [0.1, 0.15) is 5.75 Å². The van der Waals surface area contributed by atoms with E-state index in [2.05, 4.69) is 17.5 Å². The van der Waals surface area contributed by atoms with E-state index in [4.69, 9.17) is 4.74 Å². The minimum atomic E-state index is -0.472. The summed E-state index contributed by atoms with van der Waals surface area (Å²) in [5.41, 5.74) is 0.529. The number of nitro groups is 1. The van der Waals surface area contributed by atoms with Crippen LogP contribution in [0.3, 0.4) is 0 Å². The highest BCUT2D eigenvalue weighted by molar-refractivity contribution is 7.81. The Labute approximate surface area is 109 Å². The molecule has 0 aromatic heterocycles. The molecule has 18 heavy (non-hydrogen) atoms. The second kappa shape index (κ2) is 5.42. The van der Waals surface area contributed by atoms with Crippen LogP contribution in [0.1, 0.15) is 0 Å². The fraction of sp³-hybridized carbons (Fsp3) is 0. The fourth-order valence-electron chi connectivity index (χ4n) is 1.42. The number of nitro benzene ring substituents is 1. The molecule has 0 aliphatic heterocycles. The molecule has 0 bridgehead atoms. The number of benzene rings is 2. The summed E-state index contributed by atoms with van der Waals surface area (Å²) in [4.78, 5) is 10.2. The maximum Gasteiger partial charge on any atom is 0.273 e. The van der Waals surface area contributed by atoms with E-state index < -0.39 is 4.92 Å². The second-order valence-corrected chi connectivity index (χ2v) is 3.69. The summed E-state index contributed by atoms with van der Waals surface area (Å²) in [5, 5.41) is 10.7. The summed E-state index contributed by atoms with van der Waals surface area (Å²) in [6.45, 7) is 0. The van der Waals surface area contributed by atoms with Gasteiger partial charge in [0.15, 0.2) is 5.75 Å². The van der Waals surface area contributed by atoms with Crippen molar-refractivity contribution in [2.45, 2.75) is 0 Å². The van der Waals surface area contributed by atoms with Gasteiger partial charge in [-0.2, -0.15) is 0 Å². The van der Waals surface area contributed by atoms with Gasteiger partial charge >= 0.3 is 0 Å². The quantitative estimate of drug-likeness (QED) is 0.501. The Kier molecular flexibility index (Phi) is 3.69. The molecule has 0 radical (unpaired) electrons. The second-order valence-electron chi connectivity index (χ2n) is 3.46. The van der Waals surface area contributed by atoms with E-state index in [1.54, 1.807) is 18.2 Å². The molecule has 0 atom stereocenters. The van der Waals surface area contributed by atoms with Crippen molar-refractivity contribution in [1.82, 2.24) is 0 Å². The number of hydrogen-bond donors (Lipinski definition) is 2. The first kappa shape index (κ1) is 12.3. The molecule has 0 fully saturated rings. The van der Waals surface area contributed by atoms with Gasteiger partial charge in [-0.25, -0.2) is 0 Å². The molecule has 0 spiro atoms. The molecular formula is C12H10N2O3S. The number of anilines is 1. The van der Waals surface area contributed by atoms with Gasteiger partial charge in [-0.1, -0.05) is 31.0 Å². The normalized spacial score (nSPS) is 9.83. The van der Waals surface area contributed by atoms with Gasteiger partial charge in [0.25, 0.3) is 5.69 Å². The first-order chi connectivity index (χ1) is 8.70. The SMILES string of the molecule is O=[N+]([O-])c1ccc(NS)c(Oc2ccccc2)c1. The Bertz CT molecular complexity index is 561. The van der Waals surface area contributed by atoms with Crippen molar-refractivity contribution in [3.05, 3.63) is 58.6 Å². The molecule has 0 aliphatic carbocycles. The third kappa shape index (κ3) is 2.72. The van der Waals surface area contributed by atoms with E-state index in [0.29, 0.717) is 17.2 Å². The van der Waals surface area contributed by atoms with Gasteiger partial charge in [-0.05, 0) is 18.2 Å². The molecule has 0 aliphatic rings. The standard InChI is InChI=1S/C12H10N2O3S/c15-14(16)9-6-7-11(13-18)12(8-9)17-10-4-2-1-3-5-10/h1-8,13,18H. The molecular weight excluding hydrogens is 252 g/mol. The van der Waals surface area contributed by atoms with Crippen molar-refractivity contribution >= 4 is 24.2 Å². The Morgan fingerprint density at radius 1 is 1.17 bits per heavy atom. The van der Waals surface area contributed by atoms with E-state index in [1.807, 2.05) is 18.2 Å². The van der Waals surface area contributed by atoms with Gasteiger partial charge in [0.05, 0.1) is 16.7 Å². The van der Waals surface area contributed by atoms with Gasteiger partial charge in [0.2, 0.25) is 0 Å². The van der Waals surface area contributed by atoms with E-state index >= 15 is 0 Å². The number of para-hydroxylation sites is 1. The zero-order valence-electron chi connectivity index (χ0n) is 9.24. The lowest BCUT2D eigenvalue weighted by Crippen LogP contribution is -1.93. The highest BCUT2D eigenvalue weighted by Crippen LogP contribution is 2.33. The summed E-state index contributed by atoms with van der Waals surface area (Å²) >= 11 is 3.93. The van der Waals surface area contributed by atoms with E-state index in [0.717, 1.165) is 0 Å². The maximum atomic E-state index is 10.7. The summed E-state index contributed by atoms with van der Waals surface area (Å²) in [6.07, 6.45) is 0. The molecule has 5 nitrogen and oxygen atoms in total. The van der Waals surface area contributed by atoms with Crippen LogP contribution < -0.4 is 9.46 Å².